The van der Waals surface area contributed by atoms with Crippen LogP contribution in [0, 0.1) is 13.8 Å². The van der Waals surface area contributed by atoms with Crippen LogP contribution in [-0.4, -0.2) is 158 Å². The molecule has 13 heterocycles. The Labute approximate surface area is 672 Å². The van der Waals surface area contributed by atoms with Gasteiger partial charge >= 0.3 is 0 Å². The lowest BCUT2D eigenvalue weighted by Crippen LogP contribution is -2.25. The van der Waals surface area contributed by atoms with Crippen molar-refractivity contribution in [1.29, 1.82) is 0 Å². The topological polar surface area (TPSA) is 314 Å². The summed E-state index contributed by atoms with van der Waals surface area (Å²) in [5.41, 5.74) is 41.0. The number of aromatic amines is 4. The van der Waals surface area contributed by atoms with E-state index in [0.29, 0.717) is 11.6 Å². The number of para-hydroxylation sites is 16. The second-order valence-corrected chi connectivity index (χ2v) is 29.7. The molecule has 0 amide bonds. The largest absolute Gasteiger partial charge is 0.384 e. The number of imidazole rings is 5. The van der Waals surface area contributed by atoms with Crippen molar-refractivity contribution in [2.75, 3.05) is 51.7 Å². The minimum Gasteiger partial charge on any atom is -0.384 e. The van der Waals surface area contributed by atoms with Gasteiger partial charge in [-0.2, -0.15) is 0 Å². The van der Waals surface area contributed by atoms with Gasteiger partial charge in [0.1, 0.15) is 57.0 Å². The Kier molecular flexibility index (Phi) is 20.4. The van der Waals surface area contributed by atoms with Gasteiger partial charge in [-0.3, -0.25) is 0 Å². The molecule has 0 spiro atoms. The monoisotopic (exact) mass is 1550 g/mol. The van der Waals surface area contributed by atoms with Gasteiger partial charge in [-0.15, -0.1) is 0 Å². The summed E-state index contributed by atoms with van der Waals surface area (Å²) >= 11 is 0. The molecule has 0 aliphatic heterocycles. The SMILES string of the molecule is CCCn1c(C)c(-c2nc3ccccc3[nH]2)c2nc3ccccc3nc21.CCN(CC)CCCn1c(N)c(-c2nc3ccccc3[nH]2)c2nc3ccccc3nc21.CN(C)CCCn1c(N)c(-c2nc3ccccc3[nH]2)c2nc3ccccc3nc21.Cc1c(-c2nc3ccccc3[nH]2)c2nc3ccccc3nc2n1CCCn1ccnc1. The van der Waals surface area contributed by atoms with E-state index in [0.717, 1.165) is 274 Å². The van der Waals surface area contributed by atoms with Crippen molar-refractivity contribution in [3.05, 3.63) is 224 Å². The fraction of sp³-hybridized carbons (Fsp3) is 0.220. The van der Waals surface area contributed by atoms with E-state index in [1.165, 1.54) is 0 Å². The van der Waals surface area contributed by atoms with E-state index in [9.17, 15) is 0 Å². The van der Waals surface area contributed by atoms with Crippen LogP contribution in [-0.2, 0) is 32.7 Å². The standard InChI is InChI=1S/C24H21N7.C24H27N7.C22H23N7.C21H19N5/c1-16-21(23-27-18-8-3-4-9-19(18)28-23)22-24(29-20-10-5-2-7-17(20)26-22)31(16)13-6-12-30-14-11-25-15-30;1-3-30(4-2)14-9-15-31-22(25)20(23-27-17-11-6-7-12-18(17)28-23)21-24(31)29-19-13-8-5-10-16(19)26-21;1-28(2)12-7-13-29-20(23)18(21-25-15-9-4-5-10-16(15)26-21)19-22(29)27-17-11-6-3-8-14(17)24-19;1-3-12-26-13(2)18(20-23-15-9-5-6-10-16(15)24-20)19-21(26)25-17-11-7-4-8-14(17)22-19/h2-5,7-11,14-15H,6,12-13H2,1H3,(H,27,28);5-8,10-13H,3-4,9,14-15,25H2,1-2H3,(H,27,28);3-6,8-11H,7,12-13,23H2,1-2H3,(H,25,26);4-11H,3,12H2,1-2H3,(H,23,24). The molecule has 0 saturated heterocycles. The van der Waals surface area contributed by atoms with Crippen LogP contribution in [0.1, 0.15) is 57.8 Å². The van der Waals surface area contributed by atoms with E-state index in [-0.39, 0.29) is 0 Å². The van der Waals surface area contributed by atoms with Gasteiger partial charge in [0, 0.05) is 56.5 Å². The molecule has 26 heteroatoms. The molecular weight excluding hydrogens is 1460 g/mol. The number of nitrogens with one attached hydrogen (secondary N) is 4. The van der Waals surface area contributed by atoms with Gasteiger partial charge < -0.3 is 64.0 Å². The molecule has 0 unspecified atom stereocenters. The van der Waals surface area contributed by atoms with Crippen molar-refractivity contribution in [3.63, 3.8) is 0 Å². The highest BCUT2D eigenvalue weighted by Gasteiger charge is 2.27. The number of nitrogens with two attached hydrogens (primary N) is 2. The quantitative estimate of drug-likeness (QED) is 0.0413. The van der Waals surface area contributed by atoms with Crippen LogP contribution in [0.4, 0.5) is 11.6 Å². The third-order valence-electron chi connectivity index (χ3n) is 21.9. The fourth-order valence-electron chi connectivity index (χ4n) is 16.0. The van der Waals surface area contributed by atoms with Crippen LogP contribution in [0.5, 0.6) is 0 Å². The number of hydrogen-bond donors (Lipinski definition) is 6. The fourth-order valence-corrected chi connectivity index (χ4v) is 16.0. The van der Waals surface area contributed by atoms with Gasteiger partial charge in [0.25, 0.3) is 0 Å². The number of H-pyrrole nitrogens is 4. The van der Waals surface area contributed by atoms with Crippen molar-refractivity contribution in [1.82, 2.24) is 117 Å². The first-order valence-electron chi connectivity index (χ1n) is 40.1. The molecule has 0 radical (unpaired) electrons. The van der Waals surface area contributed by atoms with E-state index in [1.807, 2.05) is 213 Å². The van der Waals surface area contributed by atoms with Crippen molar-refractivity contribution in [2.24, 2.45) is 0 Å². The van der Waals surface area contributed by atoms with Crippen molar-refractivity contribution in [2.45, 2.75) is 93.0 Å². The number of hydrogen-bond acceptors (Lipinski definition) is 17. The van der Waals surface area contributed by atoms with Crippen LogP contribution in [0.2, 0.25) is 0 Å². The molecule has 0 atom stereocenters. The summed E-state index contributed by atoms with van der Waals surface area (Å²) < 4.78 is 10.8. The molecular formula is C91H90N26. The second-order valence-electron chi connectivity index (χ2n) is 29.7. The predicted octanol–water partition coefficient (Wildman–Crippen LogP) is 17.7. The second kappa shape index (κ2) is 32.0. The van der Waals surface area contributed by atoms with Crippen LogP contribution >= 0.6 is 0 Å². The molecule has 13 aromatic heterocycles. The average Bonchev–Trinajstić information content (AvgIpc) is 1.61. The highest BCUT2D eigenvalue weighted by Crippen LogP contribution is 2.40. The first kappa shape index (κ1) is 74.3. The normalized spacial score (nSPS) is 11.9. The molecule has 0 aliphatic carbocycles. The maximum absolute atomic E-state index is 6.72. The summed E-state index contributed by atoms with van der Waals surface area (Å²) in [6.07, 6.45) is 9.63. The van der Waals surface area contributed by atoms with Crippen LogP contribution in [0.3, 0.4) is 0 Å². The van der Waals surface area contributed by atoms with Crippen LogP contribution in [0.15, 0.2) is 213 Å². The Bertz CT molecular complexity index is 7050. The first-order chi connectivity index (χ1) is 57.3. The zero-order chi connectivity index (χ0) is 79.8. The summed E-state index contributed by atoms with van der Waals surface area (Å²) in [7, 11) is 4.15. The Morgan fingerprint density at radius 3 is 0.949 bits per heavy atom. The van der Waals surface area contributed by atoms with Crippen LogP contribution < -0.4 is 11.5 Å². The van der Waals surface area contributed by atoms with Crippen molar-refractivity contribution >= 4 is 145 Å². The maximum Gasteiger partial charge on any atom is 0.161 e. The predicted molar refractivity (Wildman–Crippen MR) is 471 cm³/mol. The maximum atomic E-state index is 6.72. The number of aryl methyl sites for hydroxylation is 5. The zero-order valence-corrected chi connectivity index (χ0v) is 66.5. The van der Waals surface area contributed by atoms with E-state index in [4.69, 9.17) is 71.3 Å². The number of nitrogens with zero attached hydrogens (tertiary/aromatic N) is 20. The van der Waals surface area contributed by atoms with Gasteiger partial charge in [0.15, 0.2) is 22.6 Å². The van der Waals surface area contributed by atoms with Gasteiger partial charge in [-0.05, 0) is 177 Å². The summed E-state index contributed by atoms with van der Waals surface area (Å²) in [6.45, 7) is 19.1. The molecule has 0 saturated carbocycles. The molecule has 21 aromatic rings. The zero-order valence-electron chi connectivity index (χ0n) is 66.5. The Morgan fingerprint density at radius 2 is 0.624 bits per heavy atom. The lowest BCUT2D eigenvalue weighted by Gasteiger charge is -2.18. The first-order valence-corrected chi connectivity index (χ1v) is 40.1. The lowest BCUT2D eigenvalue weighted by molar-refractivity contribution is 0.294. The minimum atomic E-state index is 0.646. The molecule has 117 heavy (non-hydrogen) atoms. The van der Waals surface area contributed by atoms with Crippen molar-refractivity contribution < 1.29 is 0 Å². The van der Waals surface area contributed by atoms with E-state index in [2.05, 4.69) is 106 Å². The minimum absolute atomic E-state index is 0.646. The van der Waals surface area contributed by atoms with Gasteiger partial charge in [0.05, 0.1) is 117 Å². The van der Waals surface area contributed by atoms with Gasteiger partial charge in [-0.1, -0.05) is 118 Å². The number of nitrogen functional groups attached to an aromatic ring is 2. The number of fused-ring (bicyclic) bond motifs is 12. The lowest BCUT2D eigenvalue weighted by atomic mass is 10.2. The number of aromatic nitrogens is 22. The van der Waals surface area contributed by atoms with E-state index < -0.39 is 0 Å². The Morgan fingerprint density at radius 1 is 0.325 bits per heavy atom. The summed E-state index contributed by atoms with van der Waals surface area (Å²) in [5.74, 6) is 4.45. The van der Waals surface area contributed by atoms with Gasteiger partial charge in [0.2, 0.25) is 0 Å². The Hall–Kier alpha value is -14.1. The van der Waals surface area contributed by atoms with Crippen molar-refractivity contribution in [3.8, 4) is 45.6 Å². The summed E-state index contributed by atoms with van der Waals surface area (Å²) in [5, 5.41) is 0. The van der Waals surface area contributed by atoms with Gasteiger partial charge in [-0.25, -0.2) is 64.8 Å². The molecule has 8 aromatic carbocycles. The molecule has 584 valence electrons. The third-order valence-corrected chi connectivity index (χ3v) is 21.9. The van der Waals surface area contributed by atoms with E-state index in [1.54, 1.807) is 0 Å². The molecule has 8 N–H and O–H groups in total. The number of benzene rings is 8. The van der Waals surface area contributed by atoms with Crippen LogP contribution in [0.25, 0.3) is 178 Å². The molecule has 21 rings (SSSR count). The smallest absolute Gasteiger partial charge is 0.161 e. The number of anilines is 2. The third kappa shape index (κ3) is 14.4. The molecule has 0 bridgehead atoms. The average molecular weight is 1550 g/mol. The summed E-state index contributed by atoms with van der Waals surface area (Å²) in [4.78, 5) is 81.3. The molecule has 0 fully saturated rings. The van der Waals surface area contributed by atoms with E-state index >= 15 is 0 Å². The highest BCUT2D eigenvalue weighted by molar-refractivity contribution is 6.04. The highest BCUT2D eigenvalue weighted by atomic mass is 15.2. The Balaban J connectivity index is 0.000000108. The summed E-state index contributed by atoms with van der Waals surface area (Å²) in [6, 6.07) is 64.1. The molecule has 26 nitrogen and oxygen atoms in total. The number of rotatable bonds is 20. The molecule has 0 aliphatic rings.